The van der Waals surface area contributed by atoms with Gasteiger partial charge < -0.3 is 10.5 Å². The van der Waals surface area contributed by atoms with Crippen molar-refractivity contribution in [3.05, 3.63) is 62.6 Å². The molecule has 0 aromatic heterocycles. The van der Waals surface area contributed by atoms with E-state index < -0.39 is 0 Å². The van der Waals surface area contributed by atoms with Crippen LogP contribution in [0.25, 0.3) is 0 Å². The molecule has 2 nitrogen and oxygen atoms in total. The molecule has 2 aromatic rings. The van der Waals surface area contributed by atoms with Gasteiger partial charge in [0.1, 0.15) is 5.75 Å². The second kappa shape index (κ2) is 7.37. The highest BCUT2D eigenvalue weighted by Gasteiger charge is 2.12. The van der Waals surface area contributed by atoms with E-state index in [2.05, 4.69) is 0 Å². The van der Waals surface area contributed by atoms with Crippen molar-refractivity contribution < 1.29 is 4.74 Å². The van der Waals surface area contributed by atoms with Gasteiger partial charge in [0.15, 0.2) is 0 Å². The van der Waals surface area contributed by atoms with E-state index >= 15 is 0 Å². The Kier molecular flexibility index (Phi) is 5.77. The molecule has 0 saturated heterocycles. The van der Waals surface area contributed by atoms with Crippen LogP contribution in [0.2, 0.25) is 15.1 Å². The molecule has 2 N–H and O–H groups in total. The second-order valence-electron chi connectivity index (χ2n) is 4.86. The van der Waals surface area contributed by atoms with Crippen molar-refractivity contribution in [2.45, 2.75) is 18.9 Å². The largest absolute Gasteiger partial charge is 0.496 e. The summed E-state index contributed by atoms with van der Waals surface area (Å²) in [5, 5.41) is 1.92. The Balaban J connectivity index is 2.11. The van der Waals surface area contributed by atoms with Crippen LogP contribution in [0.4, 0.5) is 0 Å². The first-order valence-electron chi connectivity index (χ1n) is 6.51. The van der Waals surface area contributed by atoms with Gasteiger partial charge in [-0.2, -0.15) is 0 Å². The van der Waals surface area contributed by atoms with Gasteiger partial charge in [-0.05, 0) is 54.3 Å². The van der Waals surface area contributed by atoms with Crippen LogP contribution in [0.15, 0.2) is 36.4 Å². The second-order valence-corrected chi connectivity index (χ2v) is 6.14. The molecule has 21 heavy (non-hydrogen) atoms. The normalized spacial score (nSPS) is 12.2. The quantitative estimate of drug-likeness (QED) is 0.848. The van der Waals surface area contributed by atoms with Gasteiger partial charge in [0, 0.05) is 21.1 Å². The average molecular weight is 345 g/mol. The van der Waals surface area contributed by atoms with E-state index in [-0.39, 0.29) is 6.04 Å². The SMILES string of the molecule is COc1ccc(Cl)cc1CC(N)Cc1ccc(Cl)cc1Cl. The third kappa shape index (κ3) is 4.52. The maximum absolute atomic E-state index is 6.23. The number of ether oxygens (including phenoxy) is 1. The molecule has 2 aromatic carbocycles. The average Bonchev–Trinajstić information content (AvgIpc) is 2.42. The van der Waals surface area contributed by atoms with Crippen LogP contribution in [0.1, 0.15) is 11.1 Å². The first kappa shape index (κ1) is 16.4. The Bertz CT molecular complexity index is 631. The molecule has 2 rings (SSSR count). The predicted octanol–water partition coefficient (Wildman–Crippen LogP) is 4.77. The highest BCUT2D eigenvalue weighted by Crippen LogP contribution is 2.26. The molecule has 0 heterocycles. The fourth-order valence-electron chi connectivity index (χ4n) is 2.23. The highest BCUT2D eigenvalue weighted by atomic mass is 35.5. The third-order valence-electron chi connectivity index (χ3n) is 3.22. The first-order valence-corrected chi connectivity index (χ1v) is 7.65. The molecule has 1 atom stereocenters. The molecular formula is C16H16Cl3NO. The van der Waals surface area contributed by atoms with Gasteiger partial charge in [0.05, 0.1) is 7.11 Å². The van der Waals surface area contributed by atoms with Gasteiger partial charge in [-0.15, -0.1) is 0 Å². The zero-order chi connectivity index (χ0) is 15.4. The number of halogens is 3. The lowest BCUT2D eigenvalue weighted by molar-refractivity contribution is 0.408. The summed E-state index contributed by atoms with van der Waals surface area (Å²) in [6, 6.07) is 10.9. The van der Waals surface area contributed by atoms with Gasteiger partial charge in [-0.3, -0.25) is 0 Å². The van der Waals surface area contributed by atoms with E-state index in [1.165, 1.54) is 0 Å². The summed E-state index contributed by atoms with van der Waals surface area (Å²) >= 11 is 18.1. The lowest BCUT2D eigenvalue weighted by Gasteiger charge is -2.15. The van der Waals surface area contributed by atoms with Crippen LogP contribution in [0, 0.1) is 0 Å². The van der Waals surface area contributed by atoms with Gasteiger partial charge in [-0.25, -0.2) is 0 Å². The van der Waals surface area contributed by atoms with Gasteiger partial charge in [0.2, 0.25) is 0 Å². The summed E-state index contributed by atoms with van der Waals surface area (Å²) in [5.41, 5.74) is 8.20. The van der Waals surface area contributed by atoms with E-state index in [0.717, 1.165) is 16.9 Å². The standard InChI is InChI=1S/C16H16Cl3NO/c1-21-16-5-4-12(17)6-11(16)8-14(20)7-10-2-3-13(18)9-15(10)19/h2-6,9,14H,7-8,20H2,1H3. The molecular weight excluding hydrogens is 329 g/mol. The number of benzene rings is 2. The molecule has 0 saturated carbocycles. The molecule has 112 valence electrons. The van der Waals surface area contributed by atoms with Crippen LogP contribution in [0.5, 0.6) is 5.75 Å². The summed E-state index contributed by atoms with van der Waals surface area (Å²) in [5.74, 6) is 0.789. The summed E-state index contributed by atoms with van der Waals surface area (Å²) in [7, 11) is 1.63. The first-order chi connectivity index (χ1) is 9.99. The highest BCUT2D eigenvalue weighted by molar-refractivity contribution is 6.35. The number of rotatable bonds is 5. The van der Waals surface area contributed by atoms with E-state index in [1.807, 2.05) is 24.3 Å². The fourth-order valence-corrected chi connectivity index (χ4v) is 2.91. The van der Waals surface area contributed by atoms with Crippen molar-refractivity contribution in [2.75, 3.05) is 7.11 Å². The van der Waals surface area contributed by atoms with Gasteiger partial charge in [0.25, 0.3) is 0 Å². The molecule has 0 spiro atoms. The summed E-state index contributed by atoms with van der Waals surface area (Å²) in [6.45, 7) is 0. The molecule has 0 aliphatic rings. The van der Waals surface area contributed by atoms with E-state index in [9.17, 15) is 0 Å². The molecule has 1 unspecified atom stereocenters. The smallest absolute Gasteiger partial charge is 0.122 e. The Labute approximate surface area is 139 Å². The minimum Gasteiger partial charge on any atom is -0.496 e. The van der Waals surface area contributed by atoms with Crippen LogP contribution >= 0.6 is 34.8 Å². The molecule has 0 fully saturated rings. The van der Waals surface area contributed by atoms with Gasteiger partial charge >= 0.3 is 0 Å². The van der Waals surface area contributed by atoms with Crippen molar-refractivity contribution in [2.24, 2.45) is 5.73 Å². The van der Waals surface area contributed by atoms with E-state index in [0.29, 0.717) is 27.9 Å². The Morgan fingerprint density at radius 2 is 1.57 bits per heavy atom. The van der Waals surface area contributed by atoms with Crippen molar-refractivity contribution >= 4 is 34.8 Å². The van der Waals surface area contributed by atoms with Crippen LogP contribution < -0.4 is 10.5 Å². The molecule has 5 heteroatoms. The summed E-state index contributed by atoms with van der Waals surface area (Å²) in [4.78, 5) is 0. The van der Waals surface area contributed by atoms with E-state index in [1.54, 1.807) is 19.2 Å². The number of methoxy groups -OCH3 is 1. The van der Waals surface area contributed by atoms with Crippen molar-refractivity contribution in [1.82, 2.24) is 0 Å². The predicted molar refractivity (Wildman–Crippen MR) is 89.8 cm³/mol. The van der Waals surface area contributed by atoms with Crippen LogP contribution in [-0.2, 0) is 12.8 Å². The van der Waals surface area contributed by atoms with Crippen molar-refractivity contribution in [3.8, 4) is 5.75 Å². The molecule has 0 bridgehead atoms. The monoisotopic (exact) mass is 343 g/mol. The fraction of sp³-hybridized carbons (Fsp3) is 0.250. The zero-order valence-electron chi connectivity index (χ0n) is 11.6. The Hall–Kier alpha value is -0.930. The van der Waals surface area contributed by atoms with Crippen LogP contribution in [0.3, 0.4) is 0 Å². The van der Waals surface area contributed by atoms with Gasteiger partial charge in [-0.1, -0.05) is 40.9 Å². The maximum atomic E-state index is 6.23. The molecule has 0 aliphatic carbocycles. The zero-order valence-corrected chi connectivity index (χ0v) is 13.8. The molecule has 0 amide bonds. The summed E-state index contributed by atoms with van der Waals surface area (Å²) in [6.07, 6.45) is 1.31. The maximum Gasteiger partial charge on any atom is 0.122 e. The Morgan fingerprint density at radius 3 is 2.24 bits per heavy atom. The van der Waals surface area contributed by atoms with Crippen LogP contribution in [-0.4, -0.2) is 13.2 Å². The number of nitrogens with two attached hydrogens (primary N) is 1. The Morgan fingerprint density at radius 1 is 0.952 bits per heavy atom. The molecule has 0 radical (unpaired) electrons. The van der Waals surface area contributed by atoms with Crippen molar-refractivity contribution in [3.63, 3.8) is 0 Å². The lowest BCUT2D eigenvalue weighted by atomic mass is 9.99. The number of hydrogen-bond acceptors (Lipinski definition) is 2. The minimum atomic E-state index is -0.0870. The third-order valence-corrected chi connectivity index (χ3v) is 4.04. The lowest BCUT2D eigenvalue weighted by Crippen LogP contribution is -2.25. The minimum absolute atomic E-state index is 0.0870. The van der Waals surface area contributed by atoms with Crippen molar-refractivity contribution in [1.29, 1.82) is 0 Å². The number of hydrogen-bond donors (Lipinski definition) is 1. The summed E-state index contributed by atoms with van der Waals surface area (Å²) < 4.78 is 5.33. The van der Waals surface area contributed by atoms with E-state index in [4.69, 9.17) is 45.3 Å². The topological polar surface area (TPSA) is 35.2 Å². The molecule has 0 aliphatic heterocycles.